The maximum atomic E-state index is 13.6. The molecule has 0 aliphatic rings. The van der Waals surface area contributed by atoms with Gasteiger partial charge in [-0.15, -0.1) is 13.2 Å². The Hall–Kier alpha value is -2.47. The van der Waals surface area contributed by atoms with E-state index in [0.717, 1.165) is 10.7 Å². The first kappa shape index (κ1) is 15.9. The minimum atomic E-state index is -5.07. The van der Waals surface area contributed by atoms with E-state index in [4.69, 9.17) is 5.90 Å². The van der Waals surface area contributed by atoms with Crippen molar-refractivity contribution in [2.45, 2.75) is 13.0 Å². The molecule has 2 N–H and O–H groups in total. The van der Waals surface area contributed by atoms with Gasteiger partial charge in [0, 0.05) is 24.7 Å². The normalized spacial score (nSPS) is 11.7. The maximum absolute atomic E-state index is 13.6. The van der Waals surface area contributed by atoms with Crippen molar-refractivity contribution in [1.29, 1.82) is 0 Å². The third-order valence-electron chi connectivity index (χ3n) is 2.55. The summed E-state index contributed by atoms with van der Waals surface area (Å²) in [6.45, 7) is -0.579. The third-order valence-corrected chi connectivity index (χ3v) is 2.55. The van der Waals surface area contributed by atoms with Gasteiger partial charge in [0.25, 0.3) is 0 Å². The summed E-state index contributed by atoms with van der Waals surface area (Å²) >= 11 is 0. The molecule has 0 amide bonds. The molecule has 2 rings (SSSR count). The van der Waals surface area contributed by atoms with Gasteiger partial charge in [0.15, 0.2) is 0 Å². The highest BCUT2D eigenvalue weighted by Crippen LogP contribution is 2.31. The van der Waals surface area contributed by atoms with Crippen molar-refractivity contribution < 1.29 is 27.1 Å². The Morgan fingerprint density at radius 1 is 1.32 bits per heavy atom. The van der Waals surface area contributed by atoms with Crippen molar-refractivity contribution in [2.24, 2.45) is 12.9 Å². The number of hydrogen-bond acceptors (Lipinski definition) is 6. The van der Waals surface area contributed by atoms with Crippen LogP contribution in [0.5, 0.6) is 5.75 Å². The Kier molecular flexibility index (Phi) is 4.14. The summed E-state index contributed by atoms with van der Waals surface area (Å²) in [4.78, 5) is 16.1. The van der Waals surface area contributed by atoms with Crippen LogP contribution in [0, 0.1) is 5.82 Å². The van der Waals surface area contributed by atoms with E-state index in [2.05, 4.69) is 20.0 Å². The Bertz CT molecular complexity index is 739. The minimum Gasteiger partial charge on any atom is -0.405 e. The second-order valence-corrected chi connectivity index (χ2v) is 4.06. The molecule has 0 unspecified atom stereocenters. The molecule has 120 valence electrons. The van der Waals surface area contributed by atoms with Gasteiger partial charge < -0.3 is 4.74 Å². The minimum absolute atomic E-state index is 0.316. The first-order chi connectivity index (χ1) is 10.2. The van der Waals surface area contributed by atoms with Crippen LogP contribution in [0.15, 0.2) is 16.9 Å². The van der Waals surface area contributed by atoms with Crippen LogP contribution in [0.1, 0.15) is 5.56 Å². The van der Waals surface area contributed by atoms with Crippen molar-refractivity contribution in [2.75, 3.05) is 0 Å². The zero-order chi connectivity index (χ0) is 16.5. The number of alkyl halides is 3. The van der Waals surface area contributed by atoms with E-state index in [1.54, 1.807) is 0 Å². The molecular weight excluding hydrogens is 314 g/mol. The van der Waals surface area contributed by atoms with Gasteiger partial charge in [-0.1, -0.05) is 0 Å². The first-order valence-electron chi connectivity index (χ1n) is 5.62. The summed E-state index contributed by atoms with van der Waals surface area (Å²) in [6.07, 6.45) is -5.07. The number of hydrogen-bond donors (Lipinski definition) is 1. The Morgan fingerprint density at radius 2 is 2.00 bits per heavy atom. The number of aromatic nitrogens is 4. The van der Waals surface area contributed by atoms with Crippen molar-refractivity contribution in [3.63, 3.8) is 0 Å². The summed E-state index contributed by atoms with van der Waals surface area (Å²) in [5.74, 6) is 2.89. The predicted molar refractivity (Wildman–Crippen MR) is 62.2 cm³/mol. The highest BCUT2D eigenvalue weighted by Gasteiger charge is 2.33. The van der Waals surface area contributed by atoms with Crippen LogP contribution in [-0.2, 0) is 18.5 Å². The molecule has 0 aliphatic heterocycles. The van der Waals surface area contributed by atoms with Crippen LogP contribution in [0.2, 0.25) is 0 Å². The Morgan fingerprint density at radius 3 is 2.50 bits per heavy atom. The molecular formula is C10H9F4N5O3. The van der Waals surface area contributed by atoms with Crippen LogP contribution in [-0.4, -0.2) is 26.2 Å². The van der Waals surface area contributed by atoms with Crippen molar-refractivity contribution >= 4 is 0 Å². The van der Waals surface area contributed by atoms with Crippen LogP contribution in [0.3, 0.4) is 0 Å². The number of tetrazole rings is 1. The van der Waals surface area contributed by atoms with Gasteiger partial charge >= 0.3 is 12.1 Å². The number of nitrogens with two attached hydrogens (primary N) is 1. The molecule has 0 aliphatic carbocycles. The highest BCUT2D eigenvalue weighted by molar-refractivity contribution is 5.49. The van der Waals surface area contributed by atoms with Gasteiger partial charge in [0.2, 0.25) is 0 Å². The van der Waals surface area contributed by atoms with Gasteiger partial charge in [-0.05, 0) is 10.4 Å². The summed E-state index contributed by atoms with van der Waals surface area (Å²) in [7, 11) is 1.26. The molecule has 8 nitrogen and oxygen atoms in total. The fourth-order valence-electron chi connectivity index (χ4n) is 1.70. The van der Waals surface area contributed by atoms with Crippen molar-refractivity contribution in [3.05, 3.63) is 34.0 Å². The van der Waals surface area contributed by atoms with E-state index in [0.29, 0.717) is 10.7 Å². The van der Waals surface area contributed by atoms with Crippen LogP contribution >= 0.6 is 0 Å². The molecule has 0 bridgehead atoms. The predicted octanol–water partition coefficient (Wildman–Crippen LogP) is 0.394. The molecule has 22 heavy (non-hydrogen) atoms. The van der Waals surface area contributed by atoms with Crippen molar-refractivity contribution in [1.82, 2.24) is 19.8 Å². The fraction of sp³-hybridized carbons (Fsp3) is 0.300. The van der Waals surface area contributed by atoms with Crippen LogP contribution < -0.4 is 16.3 Å². The van der Waals surface area contributed by atoms with E-state index in [9.17, 15) is 22.4 Å². The lowest BCUT2D eigenvalue weighted by atomic mass is 10.1. The van der Waals surface area contributed by atoms with E-state index >= 15 is 0 Å². The summed E-state index contributed by atoms with van der Waals surface area (Å²) in [6, 6.07) is 1.28. The monoisotopic (exact) mass is 323 g/mol. The molecule has 1 aromatic heterocycles. The largest absolute Gasteiger partial charge is 0.573 e. The molecule has 0 saturated carbocycles. The molecule has 0 radical (unpaired) electrons. The lowest BCUT2D eigenvalue weighted by molar-refractivity contribution is -0.275. The third kappa shape index (κ3) is 3.23. The maximum Gasteiger partial charge on any atom is 0.573 e. The zero-order valence-corrected chi connectivity index (χ0v) is 11.0. The topological polar surface area (TPSA) is 97.2 Å². The summed E-state index contributed by atoms with van der Waals surface area (Å²) in [5, 5.41) is 6.81. The molecule has 0 spiro atoms. The number of benzene rings is 1. The van der Waals surface area contributed by atoms with Gasteiger partial charge in [0.05, 0.1) is 12.3 Å². The Labute approximate surface area is 119 Å². The highest BCUT2D eigenvalue weighted by atomic mass is 19.4. The van der Waals surface area contributed by atoms with Gasteiger partial charge in [-0.25, -0.2) is 15.1 Å². The SMILES string of the molecule is Cn1nnn(-c2cc(F)cc(OC(F)(F)F)c2CON)c1=O. The molecule has 0 atom stereocenters. The number of rotatable bonds is 4. The quantitative estimate of drug-likeness (QED) is 0.646. The molecule has 2 aromatic rings. The molecule has 0 fully saturated rings. The number of aryl methyl sites for hydroxylation is 1. The van der Waals surface area contributed by atoms with E-state index < -0.39 is 30.2 Å². The average Bonchev–Trinajstić information content (AvgIpc) is 2.71. The van der Waals surface area contributed by atoms with E-state index in [1.807, 2.05) is 0 Å². The second kappa shape index (κ2) is 5.73. The first-order valence-corrected chi connectivity index (χ1v) is 5.62. The van der Waals surface area contributed by atoms with Gasteiger partial charge in [-0.2, -0.15) is 9.36 Å². The fourth-order valence-corrected chi connectivity index (χ4v) is 1.70. The van der Waals surface area contributed by atoms with E-state index in [-0.39, 0.29) is 11.3 Å². The summed E-state index contributed by atoms with van der Waals surface area (Å²) < 4.78 is 55.9. The Balaban J connectivity index is 2.67. The van der Waals surface area contributed by atoms with E-state index in [1.165, 1.54) is 7.05 Å². The molecule has 12 heteroatoms. The molecule has 0 saturated heterocycles. The molecule has 1 heterocycles. The lowest BCUT2D eigenvalue weighted by Crippen LogP contribution is -2.24. The number of halogens is 4. The van der Waals surface area contributed by atoms with Gasteiger partial charge in [-0.3, -0.25) is 4.84 Å². The van der Waals surface area contributed by atoms with Crippen LogP contribution in [0.25, 0.3) is 5.69 Å². The number of nitrogens with zero attached hydrogens (tertiary/aromatic N) is 4. The average molecular weight is 323 g/mol. The smallest absolute Gasteiger partial charge is 0.405 e. The lowest BCUT2D eigenvalue weighted by Gasteiger charge is -2.15. The molecule has 1 aromatic carbocycles. The second-order valence-electron chi connectivity index (χ2n) is 4.06. The van der Waals surface area contributed by atoms with Gasteiger partial charge in [0.1, 0.15) is 11.6 Å². The standard InChI is InChI=1S/C10H9F4N5O3/c1-18-9(20)19(17-16-18)7-2-5(11)3-8(6(7)4-21-15)22-10(12,13)14/h2-3H,4,15H2,1H3. The van der Waals surface area contributed by atoms with Crippen molar-refractivity contribution in [3.8, 4) is 11.4 Å². The summed E-state index contributed by atoms with van der Waals surface area (Å²) in [5.41, 5.74) is -1.45. The number of ether oxygens (including phenoxy) is 1. The van der Waals surface area contributed by atoms with Crippen LogP contribution in [0.4, 0.5) is 17.6 Å². The zero-order valence-electron chi connectivity index (χ0n) is 11.0.